The maximum atomic E-state index is 12.7. The molecule has 1 atom stereocenters. The monoisotopic (exact) mass is 353 g/mol. The standard InChI is InChI=1S/C20H20ClN3O/c21-19-10-4-2-6-15(19)12-17-8-5-11-23(17)14-24-20(25)18-9-3-1-7-16(18)13-22-24/h1-4,6-7,9-10,13,17H,5,8,11-12,14H2/t17-/m0/s1. The Morgan fingerprint density at radius 3 is 2.80 bits per heavy atom. The highest BCUT2D eigenvalue weighted by Crippen LogP contribution is 2.25. The van der Waals surface area contributed by atoms with Crippen LogP contribution in [0.1, 0.15) is 18.4 Å². The number of aromatic nitrogens is 2. The van der Waals surface area contributed by atoms with Gasteiger partial charge < -0.3 is 0 Å². The molecule has 0 N–H and O–H groups in total. The Morgan fingerprint density at radius 1 is 1.12 bits per heavy atom. The van der Waals surface area contributed by atoms with Crippen LogP contribution in [-0.2, 0) is 13.1 Å². The summed E-state index contributed by atoms with van der Waals surface area (Å²) in [5.74, 6) is 0. The van der Waals surface area contributed by atoms with E-state index in [0.717, 1.165) is 41.6 Å². The zero-order valence-corrected chi connectivity index (χ0v) is 14.7. The van der Waals surface area contributed by atoms with E-state index in [2.05, 4.69) is 16.1 Å². The molecular weight excluding hydrogens is 334 g/mol. The molecule has 0 aliphatic carbocycles. The van der Waals surface area contributed by atoms with Crippen molar-refractivity contribution < 1.29 is 0 Å². The van der Waals surface area contributed by atoms with Gasteiger partial charge in [0.05, 0.1) is 18.3 Å². The quantitative estimate of drug-likeness (QED) is 0.717. The summed E-state index contributed by atoms with van der Waals surface area (Å²) in [5.41, 5.74) is 1.14. The molecule has 1 aromatic heterocycles. The van der Waals surface area contributed by atoms with Crippen LogP contribution < -0.4 is 5.56 Å². The summed E-state index contributed by atoms with van der Waals surface area (Å²) in [6, 6.07) is 16.0. The largest absolute Gasteiger partial charge is 0.281 e. The molecule has 1 aliphatic rings. The summed E-state index contributed by atoms with van der Waals surface area (Å²) in [7, 11) is 0. The Morgan fingerprint density at radius 2 is 1.92 bits per heavy atom. The number of likely N-dealkylation sites (tertiary alicyclic amines) is 1. The molecule has 2 aromatic carbocycles. The molecule has 5 heteroatoms. The van der Waals surface area contributed by atoms with Gasteiger partial charge in [-0.3, -0.25) is 9.69 Å². The van der Waals surface area contributed by atoms with Crippen molar-refractivity contribution in [2.45, 2.75) is 32.0 Å². The lowest BCUT2D eigenvalue weighted by molar-refractivity contribution is 0.185. The van der Waals surface area contributed by atoms with E-state index in [1.165, 1.54) is 5.56 Å². The lowest BCUT2D eigenvalue weighted by Gasteiger charge is -2.25. The summed E-state index contributed by atoms with van der Waals surface area (Å²) < 4.78 is 1.58. The molecule has 1 aliphatic heterocycles. The van der Waals surface area contributed by atoms with Crippen LogP contribution in [0.4, 0.5) is 0 Å². The van der Waals surface area contributed by atoms with Crippen molar-refractivity contribution in [2.24, 2.45) is 0 Å². The Hall–Kier alpha value is -2.17. The van der Waals surface area contributed by atoms with E-state index in [0.29, 0.717) is 12.7 Å². The highest BCUT2D eigenvalue weighted by Gasteiger charge is 2.26. The predicted octanol–water partition coefficient (Wildman–Crippen LogP) is 3.71. The van der Waals surface area contributed by atoms with E-state index < -0.39 is 0 Å². The molecule has 128 valence electrons. The highest BCUT2D eigenvalue weighted by atomic mass is 35.5. The zero-order chi connectivity index (χ0) is 17.2. The third-order valence-electron chi connectivity index (χ3n) is 4.99. The minimum absolute atomic E-state index is 0.0264. The second-order valence-corrected chi connectivity index (χ2v) is 6.99. The van der Waals surface area contributed by atoms with Gasteiger partial charge >= 0.3 is 0 Å². The number of nitrogens with zero attached hydrogens (tertiary/aromatic N) is 3. The molecule has 0 unspecified atom stereocenters. The van der Waals surface area contributed by atoms with E-state index in [-0.39, 0.29) is 5.56 Å². The normalized spacial score (nSPS) is 18.0. The molecule has 0 radical (unpaired) electrons. The van der Waals surface area contributed by atoms with Gasteiger partial charge in [0.1, 0.15) is 0 Å². The van der Waals surface area contributed by atoms with Crippen molar-refractivity contribution in [1.29, 1.82) is 0 Å². The summed E-state index contributed by atoms with van der Waals surface area (Å²) in [6.45, 7) is 1.51. The molecule has 1 saturated heterocycles. The molecule has 4 rings (SSSR count). The summed E-state index contributed by atoms with van der Waals surface area (Å²) >= 11 is 6.32. The molecule has 1 fully saturated rings. The molecule has 3 aromatic rings. The molecule has 25 heavy (non-hydrogen) atoms. The minimum atomic E-state index is -0.0264. The van der Waals surface area contributed by atoms with Gasteiger partial charge in [0.15, 0.2) is 0 Å². The predicted molar refractivity (Wildman–Crippen MR) is 101 cm³/mol. The van der Waals surface area contributed by atoms with E-state index in [9.17, 15) is 4.79 Å². The topological polar surface area (TPSA) is 38.1 Å². The van der Waals surface area contributed by atoms with Crippen molar-refractivity contribution in [3.8, 4) is 0 Å². The minimum Gasteiger partial charge on any atom is -0.281 e. The van der Waals surface area contributed by atoms with Gasteiger partial charge in [-0.2, -0.15) is 5.10 Å². The van der Waals surface area contributed by atoms with Crippen LogP contribution in [0, 0.1) is 0 Å². The molecular formula is C20H20ClN3O. The molecule has 0 spiro atoms. The molecule has 0 saturated carbocycles. The smallest absolute Gasteiger partial charge is 0.275 e. The first-order valence-electron chi connectivity index (χ1n) is 8.65. The first kappa shape index (κ1) is 16.3. The van der Waals surface area contributed by atoms with E-state index >= 15 is 0 Å². The average Bonchev–Trinajstić information content (AvgIpc) is 3.06. The van der Waals surface area contributed by atoms with Crippen LogP contribution in [0.2, 0.25) is 5.02 Å². The van der Waals surface area contributed by atoms with Gasteiger partial charge in [-0.15, -0.1) is 0 Å². The lowest BCUT2D eigenvalue weighted by Crippen LogP contribution is -2.37. The van der Waals surface area contributed by atoms with E-state index in [1.54, 1.807) is 10.9 Å². The number of rotatable bonds is 4. The fourth-order valence-electron chi connectivity index (χ4n) is 3.63. The van der Waals surface area contributed by atoms with Crippen LogP contribution in [0.15, 0.2) is 59.5 Å². The number of hydrogen-bond donors (Lipinski definition) is 0. The molecule has 0 amide bonds. The van der Waals surface area contributed by atoms with Crippen LogP contribution in [-0.4, -0.2) is 27.3 Å². The second-order valence-electron chi connectivity index (χ2n) is 6.58. The van der Waals surface area contributed by atoms with Crippen molar-refractivity contribution in [2.75, 3.05) is 6.54 Å². The molecule has 2 heterocycles. The second kappa shape index (κ2) is 6.98. The van der Waals surface area contributed by atoms with Crippen molar-refractivity contribution >= 4 is 22.4 Å². The first-order chi connectivity index (χ1) is 12.2. The fourth-order valence-corrected chi connectivity index (χ4v) is 3.84. The Bertz CT molecular complexity index is 953. The number of hydrogen-bond acceptors (Lipinski definition) is 3. The van der Waals surface area contributed by atoms with Gasteiger partial charge in [-0.1, -0.05) is 48.0 Å². The number of halogens is 1. The van der Waals surface area contributed by atoms with Gasteiger partial charge in [0.25, 0.3) is 5.56 Å². The van der Waals surface area contributed by atoms with Crippen molar-refractivity contribution in [3.63, 3.8) is 0 Å². The van der Waals surface area contributed by atoms with Crippen LogP contribution in [0.25, 0.3) is 10.8 Å². The first-order valence-corrected chi connectivity index (χ1v) is 9.02. The van der Waals surface area contributed by atoms with Gasteiger partial charge in [0.2, 0.25) is 0 Å². The SMILES string of the molecule is O=c1c2ccccc2cnn1CN1CCC[C@H]1Cc1ccccc1Cl. The Balaban J connectivity index is 1.57. The highest BCUT2D eigenvalue weighted by molar-refractivity contribution is 6.31. The van der Waals surface area contributed by atoms with Crippen molar-refractivity contribution in [3.05, 3.63) is 75.7 Å². The third-order valence-corrected chi connectivity index (χ3v) is 5.36. The third kappa shape index (κ3) is 3.32. The molecule has 0 bridgehead atoms. The number of benzene rings is 2. The van der Waals surface area contributed by atoms with Crippen LogP contribution in [0.3, 0.4) is 0 Å². The summed E-state index contributed by atoms with van der Waals surface area (Å²) in [6.07, 6.45) is 4.93. The van der Waals surface area contributed by atoms with Gasteiger partial charge in [0, 0.05) is 23.0 Å². The van der Waals surface area contributed by atoms with E-state index in [1.807, 2.05) is 42.5 Å². The Labute approximate surface area is 151 Å². The fraction of sp³-hybridized carbons (Fsp3) is 0.300. The maximum absolute atomic E-state index is 12.7. The summed E-state index contributed by atoms with van der Waals surface area (Å²) in [4.78, 5) is 15.0. The molecule has 4 nitrogen and oxygen atoms in total. The Kier molecular flexibility index (Phi) is 4.55. The zero-order valence-electron chi connectivity index (χ0n) is 13.9. The maximum Gasteiger partial charge on any atom is 0.275 e. The van der Waals surface area contributed by atoms with Crippen molar-refractivity contribution in [1.82, 2.24) is 14.7 Å². The summed E-state index contributed by atoms with van der Waals surface area (Å²) in [5, 5.41) is 6.79. The number of fused-ring (bicyclic) bond motifs is 1. The van der Waals surface area contributed by atoms with Crippen LogP contribution in [0.5, 0.6) is 0 Å². The van der Waals surface area contributed by atoms with Gasteiger partial charge in [-0.25, -0.2) is 4.68 Å². The van der Waals surface area contributed by atoms with E-state index in [4.69, 9.17) is 11.6 Å². The lowest BCUT2D eigenvalue weighted by atomic mass is 10.0. The van der Waals surface area contributed by atoms with Gasteiger partial charge in [-0.05, 0) is 37.0 Å². The van der Waals surface area contributed by atoms with Crippen LogP contribution >= 0.6 is 11.6 Å². The average molecular weight is 354 g/mol.